The van der Waals surface area contributed by atoms with Crippen molar-refractivity contribution in [3.63, 3.8) is 0 Å². The predicted octanol–water partition coefficient (Wildman–Crippen LogP) is 5.26. The number of para-hydroxylation sites is 2. The number of pyridine rings is 1. The van der Waals surface area contributed by atoms with Crippen LogP contribution in [0.2, 0.25) is 0 Å². The van der Waals surface area contributed by atoms with Gasteiger partial charge >= 0.3 is 0 Å². The normalized spacial score (nSPS) is 11.3. The van der Waals surface area contributed by atoms with Crippen molar-refractivity contribution in [1.29, 1.82) is 0 Å². The van der Waals surface area contributed by atoms with Crippen molar-refractivity contribution in [3.8, 4) is 11.3 Å². The molecule has 2 aromatic heterocycles. The van der Waals surface area contributed by atoms with Gasteiger partial charge in [-0.3, -0.25) is 4.98 Å². The Labute approximate surface area is 123 Å². The highest BCUT2D eigenvalue weighted by molar-refractivity contribution is 6.09. The molecule has 0 N–H and O–H groups in total. The summed E-state index contributed by atoms with van der Waals surface area (Å²) in [6.45, 7) is 4.22. The fourth-order valence-electron chi connectivity index (χ4n) is 2.84. The predicted molar refractivity (Wildman–Crippen MR) is 86.4 cm³/mol. The topological polar surface area (TPSA) is 26.0 Å². The van der Waals surface area contributed by atoms with Crippen molar-refractivity contribution in [2.24, 2.45) is 0 Å². The van der Waals surface area contributed by atoms with E-state index in [-0.39, 0.29) is 0 Å². The van der Waals surface area contributed by atoms with E-state index in [1.807, 2.05) is 30.5 Å². The van der Waals surface area contributed by atoms with Crippen LogP contribution in [-0.4, -0.2) is 4.98 Å². The van der Waals surface area contributed by atoms with Gasteiger partial charge in [0.15, 0.2) is 0 Å². The van der Waals surface area contributed by atoms with Gasteiger partial charge in [-0.05, 0) is 43.2 Å². The highest BCUT2D eigenvalue weighted by Crippen LogP contribution is 2.36. The molecule has 2 aromatic carbocycles. The first-order chi connectivity index (χ1) is 10.3. The molecule has 102 valence electrons. The van der Waals surface area contributed by atoms with Crippen LogP contribution in [0.15, 0.2) is 59.1 Å². The molecule has 0 spiro atoms. The summed E-state index contributed by atoms with van der Waals surface area (Å²) in [6.07, 6.45) is 1.86. The summed E-state index contributed by atoms with van der Waals surface area (Å²) in [5, 5.41) is 2.30. The molecule has 4 aromatic rings. The van der Waals surface area contributed by atoms with E-state index in [4.69, 9.17) is 4.42 Å². The molecule has 0 aliphatic carbocycles. The van der Waals surface area contributed by atoms with Crippen molar-refractivity contribution in [2.45, 2.75) is 13.8 Å². The highest BCUT2D eigenvalue weighted by atomic mass is 16.3. The third-order valence-electron chi connectivity index (χ3n) is 4.13. The van der Waals surface area contributed by atoms with E-state index in [1.165, 1.54) is 11.1 Å². The van der Waals surface area contributed by atoms with Gasteiger partial charge in [0.25, 0.3) is 0 Å². The van der Waals surface area contributed by atoms with Crippen molar-refractivity contribution in [2.75, 3.05) is 0 Å². The Balaban J connectivity index is 2.12. The smallest absolute Gasteiger partial charge is 0.144 e. The Morgan fingerprint density at radius 2 is 1.67 bits per heavy atom. The summed E-state index contributed by atoms with van der Waals surface area (Å²) < 4.78 is 6.09. The summed E-state index contributed by atoms with van der Waals surface area (Å²) in [5.41, 5.74) is 6.34. The van der Waals surface area contributed by atoms with Gasteiger partial charge in [-0.15, -0.1) is 0 Å². The van der Waals surface area contributed by atoms with Gasteiger partial charge in [-0.25, -0.2) is 0 Å². The molecule has 21 heavy (non-hydrogen) atoms. The summed E-state index contributed by atoms with van der Waals surface area (Å²) in [6, 6.07) is 16.5. The van der Waals surface area contributed by atoms with Gasteiger partial charge < -0.3 is 4.42 Å². The second kappa shape index (κ2) is 4.45. The molecule has 0 saturated carbocycles. The number of benzene rings is 2. The Morgan fingerprint density at radius 1 is 0.857 bits per heavy atom. The average Bonchev–Trinajstić information content (AvgIpc) is 2.89. The lowest BCUT2D eigenvalue weighted by molar-refractivity contribution is 0.669. The fraction of sp³-hybridized carbons (Fsp3) is 0.105. The fourth-order valence-corrected chi connectivity index (χ4v) is 2.84. The lowest BCUT2D eigenvalue weighted by Crippen LogP contribution is -1.91. The minimum Gasteiger partial charge on any atom is -0.455 e. The molecule has 2 heteroatoms. The van der Waals surface area contributed by atoms with Gasteiger partial charge in [-0.2, -0.15) is 0 Å². The number of hydrogen-bond acceptors (Lipinski definition) is 2. The largest absolute Gasteiger partial charge is 0.455 e. The molecule has 0 radical (unpaired) electrons. The number of hydrogen-bond donors (Lipinski definition) is 0. The van der Waals surface area contributed by atoms with Gasteiger partial charge in [0, 0.05) is 22.5 Å². The molecule has 0 unspecified atom stereocenters. The number of aryl methyl sites for hydroxylation is 1. The van der Waals surface area contributed by atoms with Crippen LogP contribution in [0.4, 0.5) is 0 Å². The van der Waals surface area contributed by atoms with Gasteiger partial charge in [0.1, 0.15) is 11.2 Å². The number of furan rings is 1. The van der Waals surface area contributed by atoms with Gasteiger partial charge in [0.05, 0.1) is 5.69 Å². The quantitative estimate of drug-likeness (QED) is 0.472. The zero-order valence-electron chi connectivity index (χ0n) is 12.1. The van der Waals surface area contributed by atoms with Crippen LogP contribution in [0.25, 0.3) is 33.2 Å². The summed E-state index contributed by atoms with van der Waals surface area (Å²) in [7, 11) is 0. The van der Waals surface area contributed by atoms with E-state index < -0.39 is 0 Å². The molecular formula is C19H15NO. The Morgan fingerprint density at radius 3 is 2.57 bits per heavy atom. The number of aromatic nitrogens is 1. The van der Waals surface area contributed by atoms with Crippen molar-refractivity contribution in [3.05, 3.63) is 65.9 Å². The monoisotopic (exact) mass is 273 g/mol. The van der Waals surface area contributed by atoms with Crippen LogP contribution in [0.1, 0.15) is 11.1 Å². The lowest BCUT2D eigenvalue weighted by Gasteiger charge is -2.07. The molecule has 0 aliphatic rings. The zero-order chi connectivity index (χ0) is 14.4. The standard InChI is InChI=1S/C19H15NO/c1-12-10-11-20-18(13(12)2)16-8-5-7-15-14-6-3-4-9-17(14)21-19(15)16/h3-11H,1-2H3. The first-order valence-corrected chi connectivity index (χ1v) is 7.08. The summed E-state index contributed by atoms with van der Waals surface area (Å²) >= 11 is 0. The second-order valence-corrected chi connectivity index (χ2v) is 5.38. The first kappa shape index (κ1) is 12.2. The van der Waals surface area contributed by atoms with Crippen molar-refractivity contribution in [1.82, 2.24) is 4.98 Å². The van der Waals surface area contributed by atoms with Crippen LogP contribution < -0.4 is 0 Å². The van der Waals surface area contributed by atoms with Crippen molar-refractivity contribution < 1.29 is 4.42 Å². The van der Waals surface area contributed by atoms with Crippen molar-refractivity contribution >= 4 is 21.9 Å². The van der Waals surface area contributed by atoms with Crippen LogP contribution in [0.5, 0.6) is 0 Å². The molecule has 0 fully saturated rings. The molecule has 0 atom stereocenters. The Hall–Kier alpha value is -2.61. The van der Waals surface area contributed by atoms with E-state index in [1.54, 1.807) is 0 Å². The lowest BCUT2D eigenvalue weighted by atomic mass is 10.0. The van der Waals surface area contributed by atoms with E-state index in [0.717, 1.165) is 33.2 Å². The van der Waals surface area contributed by atoms with E-state index in [0.29, 0.717) is 0 Å². The number of nitrogens with zero attached hydrogens (tertiary/aromatic N) is 1. The molecule has 2 heterocycles. The Bertz CT molecular complexity index is 966. The highest BCUT2D eigenvalue weighted by Gasteiger charge is 2.14. The SMILES string of the molecule is Cc1ccnc(-c2cccc3c2oc2ccccc23)c1C. The first-order valence-electron chi connectivity index (χ1n) is 7.08. The third kappa shape index (κ3) is 1.76. The van der Waals surface area contributed by atoms with E-state index >= 15 is 0 Å². The molecule has 0 aliphatic heterocycles. The Kier molecular flexibility index (Phi) is 2.58. The van der Waals surface area contributed by atoms with Crippen LogP contribution in [0.3, 0.4) is 0 Å². The molecule has 2 nitrogen and oxygen atoms in total. The number of fused-ring (bicyclic) bond motifs is 3. The third-order valence-corrected chi connectivity index (χ3v) is 4.13. The maximum absolute atomic E-state index is 6.09. The van der Waals surface area contributed by atoms with Crippen LogP contribution in [-0.2, 0) is 0 Å². The molecular weight excluding hydrogens is 258 g/mol. The average molecular weight is 273 g/mol. The molecule has 0 bridgehead atoms. The molecule has 4 rings (SSSR count). The molecule has 0 saturated heterocycles. The number of rotatable bonds is 1. The molecule has 0 amide bonds. The minimum absolute atomic E-state index is 0.917. The van der Waals surface area contributed by atoms with E-state index in [9.17, 15) is 0 Å². The zero-order valence-corrected chi connectivity index (χ0v) is 12.1. The summed E-state index contributed by atoms with van der Waals surface area (Å²) in [4.78, 5) is 4.57. The maximum atomic E-state index is 6.09. The summed E-state index contributed by atoms with van der Waals surface area (Å²) in [5.74, 6) is 0. The second-order valence-electron chi connectivity index (χ2n) is 5.38. The maximum Gasteiger partial charge on any atom is 0.144 e. The van der Waals surface area contributed by atoms with E-state index in [2.05, 4.69) is 43.1 Å². The van der Waals surface area contributed by atoms with Crippen LogP contribution >= 0.6 is 0 Å². The van der Waals surface area contributed by atoms with Gasteiger partial charge in [0.2, 0.25) is 0 Å². The minimum atomic E-state index is 0.917. The van der Waals surface area contributed by atoms with Crippen LogP contribution in [0, 0.1) is 13.8 Å². The van der Waals surface area contributed by atoms with Gasteiger partial charge in [-0.1, -0.05) is 30.3 Å².